The molecule has 0 bridgehead atoms. The molecule has 0 aliphatic rings. The maximum atomic E-state index is 10.7. The number of aliphatic hydroxyl groups excluding tert-OH is 1. The highest BCUT2D eigenvalue weighted by Gasteiger charge is 2.11. The molecule has 0 aliphatic heterocycles. The summed E-state index contributed by atoms with van der Waals surface area (Å²) >= 11 is 0. The summed E-state index contributed by atoms with van der Waals surface area (Å²) in [5.74, 6) is 0.657. The second-order valence-corrected chi connectivity index (χ2v) is 6.13. The molecule has 3 aromatic carbocycles. The molecule has 0 aromatic heterocycles. The molecule has 1 N–H and O–H groups in total. The average Bonchev–Trinajstić information content (AvgIpc) is 2.74. The van der Waals surface area contributed by atoms with E-state index in [1.807, 2.05) is 66.7 Å². The monoisotopic (exact) mass is 364 g/mol. The van der Waals surface area contributed by atoms with E-state index in [9.17, 15) is 5.11 Å². The zero-order valence-corrected chi connectivity index (χ0v) is 15.4. The predicted octanol–water partition coefficient (Wildman–Crippen LogP) is 4.43. The van der Waals surface area contributed by atoms with Crippen LogP contribution >= 0.6 is 0 Å². The third-order valence-corrected chi connectivity index (χ3v) is 4.25. The molecule has 4 heteroatoms. The molecule has 140 valence electrons. The molecule has 0 fully saturated rings. The van der Waals surface area contributed by atoms with Gasteiger partial charge >= 0.3 is 0 Å². The van der Waals surface area contributed by atoms with E-state index >= 15 is 0 Å². The first-order valence-corrected chi connectivity index (χ1v) is 8.91. The summed E-state index contributed by atoms with van der Waals surface area (Å²) in [6.45, 7) is 1.16. The summed E-state index contributed by atoms with van der Waals surface area (Å²) in [7, 11) is 1.63. The highest BCUT2D eigenvalue weighted by Crippen LogP contribution is 2.27. The molecule has 1 unspecified atom stereocenters. The van der Waals surface area contributed by atoms with Crippen molar-refractivity contribution in [1.29, 1.82) is 0 Å². The first-order valence-electron chi connectivity index (χ1n) is 8.91. The molecule has 0 aliphatic carbocycles. The van der Waals surface area contributed by atoms with Crippen LogP contribution in [0, 0.1) is 0 Å². The lowest BCUT2D eigenvalue weighted by molar-refractivity contribution is -0.00855. The van der Waals surface area contributed by atoms with Gasteiger partial charge in [-0.05, 0) is 34.4 Å². The van der Waals surface area contributed by atoms with Gasteiger partial charge in [0.2, 0.25) is 0 Å². The molecule has 3 rings (SSSR count). The van der Waals surface area contributed by atoms with Crippen molar-refractivity contribution in [2.24, 2.45) is 0 Å². The van der Waals surface area contributed by atoms with E-state index in [2.05, 4.69) is 12.1 Å². The zero-order chi connectivity index (χ0) is 18.9. The van der Waals surface area contributed by atoms with Crippen LogP contribution in [0.2, 0.25) is 0 Å². The minimum absolute atomic E-state index is 0.148. The van der Waals surface area contributed by atoms with E-state index in [-0.39, 0.29) is 6.79 Å². The molecule has 0 saturated carbocycles. The van der Waals surface area contributed by atoms with Crippen LogP contribution in [0.25, 0.3) is 11.1 Å². The zero-order valence-electron chi connectivity index (χ0n) is 15.4. The Kier molecular flexibility index (Phi) is 6.99. The van der Waals surface area contributed by atoms with E-state index in [1.165, 1.54) is 0 Å². The molecule has 4 nitrogen and oxygen atoms in total. The molecular weight excluding hydrogens is 340 g/mol. The van der Waals surface area contributed by atoms with Crippen LogP contribution in [0.5, 0.6) is 5.75 Å². The molecule has 0 saturated heterocycles. The second kappa shape index (κ2) is 9.88. The number of aliphatic hydroxyl groups is 1. The van der Waals surface area contributed by atoms with Gasteiger partial charge in [-0.25, -0.2) is 0 Å². The summed E-state index contributed by atoms with van der Waals surface area (Å²) in [5, 5.41) is 10.7. The van der Waals surface area contributed by atoms with E-state index in [0.29, 0.717) is 19.0 Å². The van der Waals surface area contributed by atoms with Crippen LogP contribution in [-0.4, -0.2) is 32.2 Å². The smallest absolute Gasteiger partial charge is 0.189 e. The van der Waals surface area contributed by atoms with Gasteiger partial charge in [-0.2, -0.15) is 0 Å². The van der Waals surface area contributed by atoms with Gasteiger partial charge in [0.05, 0.1) is 13.2 Å². The Morgan fingerprint density at radius 2 is 1.52 bits per heavy atom. The van der Waals surface area contributed by atoms with Crippen molar-refractivity contribution >= 4 is 0 Å². The molecule has 0 amide bonds. The van der Waals surface area contributed by atoms with Crippen LogP contribution in [-0.2, 0) is 9.47 Å². The maximum absolute atomic E-state index is 10.7. The largest absolute Gasteiger partial charge is 0.468 e. The summed E-state index contributed by atoms with van der Waals surface area (Å²) in [5.41, 5.74) is 3.89. The molecule has 1 atom stereocenters. The number of benzene rings is 3. The topological polar surface area (TPSA) is 47.9 Å². The Balaban J connectivity index is 1.65. The van der Waals surface area contributed by atoms with E-state index in [4.69, 9.17) is 14.2 Å². The van der Waals surface area contributed by atoms with E-state index in [1.54, 1.807) is 7.11 Å². The van der Waals surface area contributed by atoms with Gasteiger partial charge in [0.1, 0.15) is 11.9 Å². The first-order chi connectivity index (χ1) is 13.3. The highest BCUT2D eigenvalue weighted by molar-refractivity contribution is 5.63. The quantitative estimate of drug-likeness (QED) is 0.451. The van der Waals surface area contributed by atoms with Gasteiger partial charge < -0.3 is 19.3 Å². The summed E-state index contributed by atoms with van der Waals surface area (Å²) < 4.78 is 15.8. The highest BCUT2D eigenvalue weighted by atomic mass is 16.7. The van der Waals surface area contributed by atoms with Crippen molar-refractivity contribution in [3.63, 3.8) is 0 Å². The van der Waals surface area contributed by atoms with Gasteiger partial charge in [0, 0.05) is 7.11 Å². The van der Waals surface area contributed by atoms with Crippen molar-refractivity contribution in [2.75, 3.05) is 27.1 Å². The fourth-order valence-electron chi connectivity index (χ4n) is 2.77. The lowest BCUT2D eigenvalue weighted by atomic mass is 9.98. The first kappa shape index (κ1) is 19.1. The van der Waals surface area contributed by atoms with Crippen molar-refractivity contribution in [3.05, 3.63) is 90.0 Å². The standard InChI is InChI=1S/C23H24O4/c1-25-14-15-26-17-27-22-9-5-8-21(16-22)23(24)20-12-10-19(11-13-20)18-6-3-2-4-7-18/h2-13,16,23-24H,14-15,17H2,1H3. The van der Waals surface area contributed by atoms with Gasteiger partial charge in [-0.15, -0.1) is 0 Å². The van der Waals surface area contributed by atoms with E-state index in [0.717, 1.165) is 22.3 Å². The third-order valence-electron chi connectivity index (χ3n) is 4.25. The Hall–Kier alpha value is -2.66. The number of rotatable bonds is 9. The van der Waals surface area contributed by atoms with E-state index < -0.39 is 6.10 Å². The van der Waals surface area contributed by atoms with Gasteiger partial charge in [-0.3, -0.25) is 0 Å². The average molecular weight is 364 g/mol. The van der Waals surface area contributed by atoms with Gasteiger partial charge in [-0.1, -0.05) is 66.7 Å². The molecule has 0 spiro atoms. The SMILES string of the molecule is COCCOCOc1cccc(C(O)c2ccc(-c3ccccc3)cc2)c1. The normalized spacial score (nSPS) is 11.9. The number of methoxy groups -OCH3 is 1. The van der Waals surface area contributed by atoms with Crippen LogP contribution < -0.4 is 4.74 Å². The van der Waals surface area contributed by atoms with Gasteiger partial charge in [0.15, 0.2) is 6.79 Å². The lowest BCUT2D eigenvalue weighted by Gasteiger charge is -2.14. The molecule has 0 radical (unpaired) electrons. The van der Waals surface area contributed by atoms with Crippen molar-refractivity contribution < 1.29 is 19.3 Å². The molecule has 0 heterocycles. The predicted molar refractivity (Wildman–Crippen MR) is 106 cm³/mol. The Morgan fingerprint density at radius 1 is 0.778 bits per heavy atom. The van der Waals surface area contributed by atoms with Crippen LogP contribution in [0.3, 0.4) is 0 Å². The van der Waals surface area contributed by atoms with Crippen LogP contribution in [0.4, 0.5) is 0 Å². The minimum atomic E-state index is -0.715. The molecule has 3 aromatic rings. The fourth-order valence-corrected chi connectivity index (χ4v) is 2.77. The molecule has 27 heavy (non-hydrogen) atoms. The fraction of sp³-hybridized carbons (Fsp3) is 0.217. The maximum Gasteiger partial charge on any atom is 0.189 e. The number of hydrogen-bond acceptors (Lipinski definition) is 4. The third kappa shape index (κ3) is 5.41. The number of hydrogen-bond donors (Lipinski definition) is 1. The second-order valence-electron chi connectivity index (χ2n) is 6.13. The Morgan fingerprint density at radius 3 is 2.26 bits per heavy atom. The minimum Gasteiger partial charge on any atom is -0.468 e. The molecular formula is C23H24O4. The lowest BCUT2D eigenvalue weighted by Crippen LogP contribution is -2.08. The van der Waals surface area contributed by atoms with Crippen molar-refractivity contribution in [3.8, 4) is 16.9 Å². The van der Waals surface area contributed by atoms with Gasteiger partial charge in [0.25, 0.3) is 0 Å². The van der Waals surface area contributed by atoms with Crippen LogP contribution in [0.15, 0.2) is 78.9 Å². The summed E-state index contributed by atoms with van der Waals surface area (Å²) in [4.78, 5) is 0. The summed E-state index contributed by atoms with van der Waals surface area (Å²) in [6.07, 6.45) is -0.715. The Labute approximate surface area is 160 Å². The Bertz CT molecular complexity index is 815. The van der Waals surface area contributed by atoms with Crippen molar-refractivity contribution in [2.45, 2.75) is 6.10 Å². The van der Waals surface area contributed by atoms with Crippen LogP contribution in [0.1, 0.15) is 17.2 Å². The number of ether oxygens (including phenoxy) is 3. The van der Waals surface area contributed by atoms with Crippen molar-refractivity contribution in [1.82, 2.24) is 0 Å². The summed E-state index contributed by atoms with van der Waals surface area (Å²) in [6, 6.07) is 25.5.